The summed E-state index contributed by atoms with van der Waals surface area (Å²) in [6.07, 6.45) is 10.2. The summed E-state index contributed by atoms with van der Waals surface area (Å²) in [6.45, 7) is 9.07. The second-order valence-electron chi connectivity index (χ2n) is 12.8. The van der Waals surface area contributed by atoms with E-state index in [2.05, 4.69) is 58.0 Å². The zero-order valence-corrected chi connectivity index (χ0v) is 24.7. The zero-order chi connectivity index (χ0) is 27.8. The summed E-state index contributed by atoms with van der Waals surface area (Å²) in [7, 11) is 0. The van der Waals surface area contributed by atoms with E-state index in [0.29, 0.717) is 18.5 Å². The van der Waals surface area contributed by atoms with Crippen molar-refractivity contribution in [3.8, 4) is 6.01 Å². The molecule has 0 spiro atoms. The quantitative estimate of drug-likeness (QED) is 0.421. The molecular formula is C34H45N5O2. The number of aryl methyl sites for hydroxylation is 1. The molecule has 0 bridgehead atoms. The van der Waals surface area contributed by atoms with Crippen LogP contribution in [-0.2, 0) is 19.4 Å². The molecule has 0 amide bonds. The van der Waals surface area contributed by atoms with Gasteiger partial charge in [0.05, 0.1) is 17.8 Å². The fourth-order valence-corrected chi connectivity index (χ4v) is 8.11. The number of aromatic nitrogens is 2. The van der Waals surface area contributed by atoms with Crippen molar-refractivity contribution < 1.29 is 9.84 Å². The van der Waals surface area contributed by atoms with E-state index in [1.807, 2.05) is 0 Å². The molecule has 7 nitrogen and oxygen atoms in total. The average Bonchev–Trinajstić information content (AvgIpc) is 3.50. The van der Waals surface area contributed by atoms with Crippen molar-refractivity contribution in [2.45, 2.75) is 76.8 Å². The lowest BCUT2D eigenvalue weighted by molar-refractivity contribution is 0.107. The standard InChI is InChI=1S/C34H45N5O2/c1-2-26-10-5-11-27-12-6-13-30(31(26)27)37-20-14-28-29(22-37)35-33(41-24-34-15-7-18-39(34)19-8-16-34)36-32(28)38-17-4-3-9-25(21-38)23-40/h5-6,10-13,25,40H,2-4,7-9,14-24H2,1H3. The lowest BCUT2D eigenvalue weighted by Crippen LogP contribution is -2.43. The molecule has 1 N–H and O–H groups in total. The number of aliphatic hydroxyl groups excluding tert-OH is 1. The molecule has 1 atom stereocenters. The van der Waals surface area contributed by atoms with Gasteiger partial charge in [0.1, 0.15) is 12.4 Å². The van der Waals surface area contributed by atoms with Gasteiger partial charge in [0.15, 0.2) is 0 Å². The summed E-state index contributed by atoms with van der Waals surface area (Å²) in [5.74, 6) is 1.34. The summed E-state index contributed by atoms with van der Waals surface area (Å²) < 4.78 is 6.57. The molecule has 7 heteroatoms. The maximum absolute atomic E-state index is 10.1. The number of rotatable bonds is 7. The van der Waals surface area contributed by atoms with Crippen molar-refractivity contribution in [1.82, 2.24) is 14.9 Å². The third kappa shape index (κ3) is 5.05. The van der Waals surface area contributed by atoms with Crippen molar-refractivity contribution in [2.75, 3.05) is 55.7 Å². The number of benzene rings is 2. The summed E-state index contributed by atoms with van der Waals surface area (Å²) in [6, 6.07) is 13.9. The number of ether oxygens (including phenoxy) is 1. The topological polar surface area (TPSA) is 65.0 Å². The summed E-state index contributed by atoms with van der Waals surface area (Å²) in [5, 5.41) is 12.7. The van der Waals surface area contributed by atoms with Crippen LogP contribution in [-0.4, -0.2) is 71.5 Å². The molecule has 2 aromatic carbocycles. The first kappa shape index (κ1) is 27.0. The molecule has 7 rings (SSSR count). The average molecular weight is 556 g/mol. The van der Waals surface area contributed by atoms with Crippen molar-refractivity contribution in [1.29, 1.82) is 0 Å². The molecule has 41 heavy (non-hydrogen) atoms. The highest BCUT2D eigenvalue weighted by molar-refractivity contribution is 5.97. The third-order valence-corrected chi connectivity index (χ3v) is 10.3. The number of aliphatic hydroxyl groups is 1. The lowest BCUT2D eigenvalue weighted by Gasteiger charge is -2.35. The van der Waals surface area contributed by atoms with Crippen LogP contribution in [0.3, 0.4) is 0 Å². The first-order valence-corrected chi connectivity index (χ1v) is 16.1. The Labute approximate surface area is 244 Å². The molecule has 3 fully saturated rings. The normalized spacial score (nSPS) is 22.5. The van der Waals surface area contributed by atoms with Gasteiger partial charge in [-0.1, -0.05) is 43.7 Å². The van der Waals surface area contributed by atoms with Crippen molar-refractivity contribution in [3.05, 3.63) is 53.2 Å². The van der Waals surface area contributed by atoms with Crippen LogP contribution < -0.4 is 14.5 Å². The Balaban J connectivity index is 1.24. The van der Waals surface area contributed by atoms with E-state index < -0.39 is 0 Å². The van der Waals surface area contributed by atoms with Crippen LogP contribution in [0.15, 0.2) is 36.4 Å². The molecule has 1 aromatic heterocycles. The van der Waals surface area contributed by atoms with Gasteiger partial charge in [-0.05, 0) is 87.4 Å². The molecule has 4 aliphatic heterocycles. The fourth-order valence-electron chi connectivity index (χ4n) is 8.11. The predicted octanol–water partition coefficient (Wildman–Crippen LogP) is 5.36. The maximum Gasteiger partial charge on any atom is 0.318 e. The number of nitrogens with zero attached hydrogens (tertiary/aromatic N) is 5. The number of fused-ring (bicyclic) bond motifs is 3. The van der Waals surface area contributed by atoms with Gasteiger partial charge in [0.2, 0.25) is 0 Å². The highest BCUT2D eigenvalue weighted by Gasteiger charge is 2.45. The van der Waals surface area contributed by atoms with E-state index in [9.17, 15) is 5.11 Å². The Morgan fingerprint density at radius 2 is 1.78 bits per heavy atom. The zero-order valence-electron chi connectivity index (χ0n) is 24.7. The Morgan fingerprint density at radius 3 is 2.59 bits per heavy atom. The Bertz CT molecular complexity index is 1380. The molecule has 1 unspecified atom stereocenters. The van der Waals surface area contributed by atoms with Crippen LogP contribution in [0.4, 0.5) is 11.5 Å². The van der Waals surface area contributed by atoms with Crippen molar-refractivity contribution >= 4 is 22.3 Å². The van der Waals surface area contributed by atoms with Gasteiger partial charge in [-0.3, -0.25) is 4.90 Å². The number of hydrogen-bond donors (Lipinski definition) is 1. The Kier molecular flexibility index (Phi) is 7.50. The maximum atomic E-state index is 10.1. The van der Waals surface area contributed by atoms with Crippen molar-refractivity contribution in [2.24, 2.45) is 5.92 Å². The minimum atomic E-state index is 0.162. The van der Waals surface area contributed by atoms with Crippen molar-refractivity contribution in [3.63, 3.8) is 0 Å². The first-order valence-electron chi connectivity index (χ1n) is 16.1. The van der Waals surface area contributed by atoms with Crippen LogP contribution >= 0.6 is 0 Å². The van der Waals surface area contributed by atoms with Gasteiger partial charge >= 0.3 is 6.01 Å². The third-order valence-electron chi connectivity index (χ3n) is 10.3. The fraction of sp³-hybridized carbons (Fsp3) is 0.588. The van der Waals surface area contributed by atoms with E-state index in [0.717, 1.165) is 69.8 Å². The minimum absolute atomic E-state index is 0.162. The largest absolute Gasteiger partial charge is 0.461 e. The van der Waals surface area contributed by atoms with E-state index in [1.54, 1.807) is 0 Å². The second-order valence-corrected chi connectivity index (χ2v) is 12.8. The van der Waals surface area contributed by atoms with Crippen LogP contribution in [0.5, 0.6) is 6.01 Å². The molecule has 0 aliphatic carbocycles. The Morgan fingerprint density at radius 1 is 0.951 bits per heavy atom. The molecule has 3 saturated heterocycles. The summed E-state index contributed by atoms with van der Waals surface area (Å²) in [4.78, 5) is 17.9. The minimum Gasteiger partial charge on any atom is -0.461 e. The SMILES string of the molecule is CCc1cccc2cccc(N3CCc4c(nc(OCC56CCCN5CCC6)nc4N4CCCCC(CO)C4)C3)c12. The smallest absolute Gasteiger partial charge is 0.318 e. The van der Waals surface area contributed by atoms with Crippen LogP contribution in [0.1, 0.15) is 68.7 Å². The lowest BCUT2D eigenvalue weighted by atomic mass is 9.95. The van der Waals surface area contributed by atoms with Gasteiger partial charge in [-0.25, -0.2) is 0 Å². The summed E-state index contributed by atoms with van der Waals surface area (Å²) >= 11 is 0. The van der Waals surface area contributed by atoms with E-state index in [1.165, 1.54) is 66.4 Å². The molecule has 4 aliphatic rings. The van der Waals surface area contributed by atoms with E-state index >= 15 is 0 Å². The van der Waals surface area contributed by atoms with E-state index in [4.69, 9.17) is 14.7 Å². The summed E-state index contributed by atoms with van der Waals surface area (Å²) in [5.41, 5.74) is 5.22. The van der Waals surface area contributed by atoms with Gasteiger partial charge in [-0.2, -0.15) is 9.97 Å². The van der Waals surface area contributed by atoms with Gasteiger partial charge < -0.3 is 19.6 Å². The predicted molar refractivity (Wildman–Crippen MR) is 165 cm³/mol. The number of hydrogen-bond acceptors (Lipinski definition) is 7. The molecule has 0 saturated carbocycles. The molecular weight excluding hydrogens is 510 g/mol. The second kappa shape index (κ2) is 11.4. The molecule has 0 radical (unpaired) electrons. The van der Waals surface area contributed by atoms with Gasteiger partial charge in [0.25, 0.3) is 0 Å². The van der Waals surface area contributed by atoms with Crippen LogP contribution in [0.25, 0.3) is 10.8 Å². The highest BCUT2D eigenvalue weighted by atomic mass is 16.5. The number of anilines is 2. The van der Waals surface area contributed by atoms with E-state index in [-0.39, 0.29) is 12.1 Å². The van der Waals surface area contributed by atoms with Crippen LogP contribution in [0.2, 0.25) is 0 Å². The molecule has 3 aromatic rings. The highest BCUT2D eigenvalue weighted by Crippen LogP contribution is 2.40. The van der Waals surface area contributed by atoms with Gasteiger partial charge in [-0.15, -0.1) is 0 Å². The van der Waals surface area contributed by atoms with Crippen LogP contribution in [0, 0.1) is 5.92 Å². The molecule has 5 heterocycles. The molecule has 218 valence electrons. The first-order chi connectivity index (χ1) is 20.2. The van der Waals surface area contributed by atoms with Gasteiger partial charge in [0, 0.05) is 42.9 Å². The Hall–Kier alpha value is -2.90. The monoisotopic (exact) mass is 555 g/mol.